The van der Waals surface area contributed by atoms with Gasteiger partial charge in [0.05, 0.1) is 22.8 Å². The first kappa shape index (κ1) is 21.6. The van der Waals surface area contributed by atoms with Crippen LogP contribution in [0.3, 0.4) is 0 Å². The van der Waals surface area contributed by atoms with Gasteiger partial charge < -0.3 is 4.98 Å². The van der Waals surface area contributed by atoms with Crippen LogP contribution in [0.1, 0.15) is 27.0 Å². The summed E-state index contributed by atoms with van der Waals surface area (Å²) >= 11 is 1.55. The summed E-state index contributed by atoms with van der Waals surface area (Å²) in [6.07, 6.45) is -3.51. The number of para-hydroxylation sites is 2. The summed E-state index contributed by atoms with van der Waals surface area (Å²) < 4.78 is 39.0. The van der Waals surface area contributed by atoms with Crippen molar-refractivity contribution >= 4 is 34.9 Å². The lowest BCUT2D eigenvalue weighted by atomic mass is 10.1. The molecular formula is C23H17F3N4OS. The Morgan fingerprint density at radius 2 is 1.75 bits per heavy atom. The number of amides is 1. The van der Waals surface area contributed by atoms with Gasteiger partial charge in [0, 0.05) is 16.9 Å². The van der Waals surface area contributed by atoms with E-state index in [4.69, 9.17) is 0 Å². The van der Waals surface area contributed by atoms with Gasteiger partial charge in [-0.2, -0.15) is 18.3 Å². The molecule has 32 heavy (non-hydrogen) atoms. The van der Waals surface area contributed by atoms with E-state index in [0.717, 1.165) is 34.0 Å². The molecule has 0 aliphatic rings. The normalized spacial score (nSPS) is 11.8. The maximum Gasteiger partial charge on any atom is 0.417 e. The van der Waals surface area contributed by atoms with Gasteiger partial charge in [-0.25, -0.2) is 10.4 Å². The molecule has 0 saturated carbocycles. The van der Waals surface area contributed by atoms with Crippen LogP contribution in [0.5, 0.6) is 0 Å². The van der Waals surface area contributed by atoms with E-state index in [0.29, 0.717) is 11.3 Å². The number of alkyl halides is 3. The number of aromatic nitrogens is 2. The molecule has 5 nitrogen and oxygen atoms in total. The van der Waals surface area contributed by atoms with Gasteiger partial charge >= 0.3 is 6.18 Å². The SMILES string of the molecule is O=C(N/N=C\c1ccccc1C(F)(F)F)c1ccc(CSc2nc3ccccc3[nH]2)cc1. The fraction of sp³-hybridized carbons (Fsp3) is 0.0870. The zero-order valence-electron chi connectivity index (χ0n) is 16.6. The Kier molecular flexibility index (Phi) is 6.27. The van der Waals surface area contributed by atoms with Crippen LogP contribution >= 0.6 is 11.8 Å². The number of H-pyrrole nitrogens is 1. The number of imidazole rings is 1. The highest BCUT2D eigenvalue weighted by atomic mass is 32.2. The summed E-state index contributed by atoms with van der Waals surface area (Å²) in [5.41, 5.74) is 4.54. The molecule has 0 spiro atoms. The van der Waals surface area contributed by atoms with Gasteiger partial charge in [0.2, 0.25) is 0 Å². The van der Waals surface area contributed by atoms with Crippen molar-refractivity contribution in [3.05, 3.63) is 95.1 Å². The van der Waals surface area contributed by atoms with Crippen LogP contribution in [0.25, 0.3) is 11.0 Å². The Balaban J connectivity index is 1.34. The quantitative estimate of drug-likeness (QED) is 0.225. The average Bonchev–Trinajstić information content (AvgIpc) is 3.21. The Morgan fingerprint density at radius 1 is 1.03 bits per heavy atom. The van der Waals surface area contributed by atoms with Crippen LogP contribution in [0, 0.1) is 0 Å². The molecule has 0 aliphatic carbocycles. The smallest absolute Gasteiger partial charge is 0.333 e. The summed E-state index contributed by atoms with van der Waals surface area (Å²) in [7, 11) is 0. The van der Waals surface area contributed by atoms with Crippen LogP contribution < -0.4 is 5.43 Å². The zero-order chi connectivity index (χ0) is 22.6. The lowest BCUT2D eigenvalue weighted by molar-refractivity contribution is -0.137. The standard InChI is InChI=1S/C23H17F3N4OS/c24-23(25,26)18-6-2-1-5-17(18)13-27-30-21(31)16-11-9-15(10-12-16)14-32-22-28-19-7-3-4-8-20(19)29-22/h1-13H,14H2,(H,28,29)(H,30,31)/b27-13-. The molecule has 2 N–H and O–H groups in total. The summed E-state index contributed by atoms with van der Waals surface area (Å²) in [6.45, 7) is 0. The molecule has 4 aromatic rings. The number of fused-ring (bicyclic) bond motifs is 1. The van der Waals surface area contributed by atoms with Gasteiger partial charge in [0.25, 0.3) is 5.91 Å². The number of benzene rings is 3. The first-order chi connectivity index (χ1) is 15.4. The van der Waals surface area contributed by atoms with E-state index in [1.807, 2.05) is 36.4 Å². The molecule has 162 valence electrons. The molecule has 1 amide bonds. The Labute approximate surface area is 185 Å². The predicted octanol–water partition coefficient (Wildman–Crippen LogP) is 5.64. The number of nitrogens with zero attached hydrogens (tertiary/aromatic N) is 2. The molecule has 1 aromatic heterocycles. The maximum atomic E-state index is 13.0. The number of hydrazone groups is 1. The van der Waals surface area contributed by atoms with Crippen molar-refractivity contribution in [3.8, 4) is 0 Å². The highest BCUT2D eigenvalue weighted by Gasteiger charge is 2.32. The van der Waals surface area contributed by atoms with E-state index < -0.39 is 17.6 Å². The second-order valence-electron chi connectivity index (χ2n) is 6.83. The van der Waals surface area contributed by atoms with Gasteiger partial charge in [-0.1, -0.05) is 54.2 Å². The molecule has 0 bridgehead atoms. The third-order valence-electron chi connectivity index (χ3n) is 4.60. The van der Waals surface area contributed by atoms with Crippen molar-refractivity contribution < 1.29 is 18.0 Å². The molecular weight excluding hydrogens is 437 g/mol. The van der Waals surface area contributed by atoms with Crippen molar-refractivity contribution in [2.24, 2.45) is 5.10 Å². The number of thioether (sulfide) groups is 1. The molecule has 0 aliphatic heterocycles. The summed E-state index contributed by atoms with van der Waals surface area (Å²) in [5.74, 6) is 0.149. The van der Waals surface area contributed by atoms with Gasteiger partial charge in [0.1, 0.15) is 0 Å². The number of hydrogen-bond donors (Lipinski definition) is 2. The van der Waals surface area contributed by atoms with Crippen LogP contribution in [0.2, 0.25) is 0 Å². The number of carbonyl (C=O) groups is 1. The van der Waals surface area contributed by atoms with Crippen LogP contribution in [0.4, 0.5) is 13.2 Å². The first-order valence-electron chi connectivity index (χ1n) is 9.56. The number of halogens is 3. The first-order valence-corrected chi connectivity index (χ1v) is 10.5. The number of rotatable bonds is 6. The zero-order valence-corrected chi connectivity index (χ0v) is 17.4. The van der Waals surface area contributed by atoms with E-state index in [-0.39, 0.29) is 5.56 Å². The Hall–Kier alpha value is -3.59. The highest BCUT2D eigenvalue weighted by Crippen LogP contribution is 2.31. The molecule has 0 fully saturated rings. The minimum Gasteiger partial charge on any atom is -0.333 e. The lowest BCUT2D eigenvalue weighted by Gasteiger charge is -2.09. The van der Waals surface area contributed by atoms with E-state index in [1.165, 1.54) is 18.2 Å². The van der Waals surface area contributed by atoms with Gasteiger partial charge in [0.15, 0.2) is 5.16 Å². The second-order valence-corrected chi connectivity index (χ2v) is 7.79. The van der Waals surface area contributed by atoms with Crippen molar-refractivity contribution in [1.29, 1.82) is 0 Å². The third-order valence-corrected chi connectivity index (χ3v) is 5.54. The van der Waals surface area contributed by atoms with Gasteiger partial charge in [-0.3, -0.25) is 4.79 Å². The minimum absolute atomic E-state index is 0.127. The molecule has 4 rings (SSSR count). The van der Waals surface area contributed by atoms with Crippen LogP contribution in [-0.2, 0) is 11.9 Å². The molecule has 1 heterocycles. The topological polar surface area (TPSA) is 70.1 Å². The van der Waals surface area contributed by atoms with Crippen molar-refractivity contribution in [3.63, 3.8) is 0 Å². The van der Waals surface area contributed by atoms with E-state index in [1.54, 1.807) is 23.9 Å². The Bertz CT molecular complexity index is 1230. The van der Waals surface area contributed by atoms with Crippen LogP contribution in [-0.4, -0.2) is 22.1 Å². The molecule has 0 unspecified atom stereocenters. The second kappa shape index (κ2) is 9.27. The van der Waals surface area contributed by atoms with Crippen molar-refractivity contribution in [2.45, 2.75) is 17.1 Å². The molecule has 3 aromatic carbocycles. The summed E-state index contributed by atoms with van der Waals surface area (Å²) in [5, 5.41) is 4.48. The Morgan fingerprint density at radius 3 is 2.50 bits per heavy atom. The molecule has 0 atom stereocenters. The number of nitrogens with one attached hydrogen (secondary N) is 2. The maximum absolute atomic E-state index is 13.0. The van der Waals surface area contributed by atoms with E-state index in [2.05, 4.69) is 20.5 Å². The number of carbonyl (C=O) groups excluding carboxylic acids is 1. The predicted molar refractivity (Wildman–Crippen MR) is 119 cm³/mol. The molecule has 0 radical (unpaired) electrons. The fourth-order valence-corrected chi connectivity index (χ4v) is 3.84. The highest BCUT2D eigenvalue weighted by molar-refractivity contribution is 7.98. The molecule has 9 heteroatoms. The summed E-state index contributed by atoms with van der Waals surface area (Å²) in [6, 6.07) is 19.7. The average molecular weight is 454 g/mol. The van der Waals surface area contributed by atoms with Crippen LogP contribution in [0.15, 0.2) is 83.1 Å². The largest absolute Gasteiger partial charge is 0.417 e. The van der Waals surface area contributed by atoms with Crippen molar-refractivity contribution in [1.82, 2.24) is 15.4 Å². The van der Waals surface area contributed by atoms with Gasteiger partial charge in [-0.05, 0) is 35.9 Å². The lowest BCUT2D eigenvalue weighted by Crippen LogP contribution is -2.18. The van der Waals surface area contributed by atoms with Gasteiger partial charge in [-0.15, -0.1) is 0 Å². The number of aromatic amines is 1. The summed E-state index contributed by atoms with van der Waals surface area (Å²) in [4.78, 5) is 20.0. The third kappa shape index (κ3) is 5.17. The van der Waals surface area contributed by atoms with Crippen molar-refractivity contribution in [2.75, 3.05) is 0 Å². The minimum atomic E-state index is -4.50. The van der Waals surface area contributed by atoms with E-state index in [9.17, 15) is 18.0 Å². The monoisotopic (exact) mass is 454 g/mol. The van der Waals surface area contributed by atoms with E-state index >= 15 is 0 Å². The fourth-order valence-electron chi connectivity index (χ4n) is 2.99. The number of hydrogen-bond acceptors (Lipinski definition) is 4. The molecule has 0 saturated heterocycles.